The van der Waals surface area contributed by atoms with Gasteiger partial charge in [-0.2, -0.15) is 0 Å². The predicted molar refractivity (Wildman–Crippen MR) is 74.0 cm³/mol. The second-order valence-corrected chi connectivity index (χ2v) is 6.36. The average Bonchev–Trinajstić information content (AvgIpc) is 2.91. The van der Waals surface area contributed by atoms with Crippen LogP contribution < -0.4 is 11.3 Å². The minimum Gasteiger partial charge on any atom is -0.296 e. The lowest BCUT2D eigenvalue weighted by molar-refractivity contribution is 0.108. The molecule has 0 spiro atoms. The molecule has 1 aromatic heterocycles. The normalized spacial score (nSPS) is 19.8. The van der Waals surface area contributed by atoms with Gasteiger partial charge in [-0.25, -0.2) is 0 Å². The molecule has 0 aliphatic carbocycles. The monoisotopic (exact) mass is 253 g/mol. The van der Waals surface area contributed by atoms with E-state index in [-0.39, 0.29) is 11.6 Å². The van der Waals surface area contributed by atoms with Crippen LogP contribution in [0.3, 0.4) is 0 Å². The van der Waals surface area contributed by atoms with Crippen LogP contribution in [0.1, 0.15) is 43.2 Å². The van der Waals surface area contributed by atoms with E-state index < -0.39 is 0 Å². The van der Waals surface area contributed by atoms with E-state index in [1.165, 1.54) is 36.4 Å². The van der Waals surface area contributed by atoms with Gasteiger partial charge in [0, 0.05) is 10.4 Å². The van der Waals surface area contributed by atoms with E-state index in [1.807, 2.05) is 0 Å². The van der Waals surface area contributed by atoms with Crippen LogP contribution in [0.2, 0.25) is 0 Å². The minimum atomic E-state index is 0.0703. The van der Waals surface area contributed by atoms with Crippen molar-refractivity contribution in [3.63, 3.8) is 0 Å². The number of nitrogens with two attached hydrogens (primary N) is 1. The Morgan fingerprint density at radius 2 is 2.06 bits per heavy atom. The van der Waals surface area contributed by atoms with Crippen molar-refractivity contribution in [2.24, 2.45) is 5.84 Å². The summed E-state index contributed by atoms with van der Waals surface area (Å²) in [5.41, 5.74) is 4.44. The summed E-state index contributed by atoms with van der Waals surface area (Å²) in [7, 11) is 0. The van der Waals surface area contributed by atoms with Crippen LogP contribution >= 0.6 is 11.3 Å². The summed E-state index contributed by atoms with van der Waals surface area (Å²) in [5, 5.41) is 2.15. The van der Waals surface area contributed by atoms with E-state index in [0.717, 1.165) is 0 Å². The number of nitrogens with zero attached hydrogens (tertiary/aromatic N) is 1. The zero-order chi connectivity index (χ0) is 12.5. The van der Waals surface area contributed by atoms with Gasteiger partial charge >= 0.3 is 0 Å². The number of hydrogen-bond donors (Lipinski definition) is 2. The Bertz CT molecular complexity index is 366. The van der Waals surface area contributed by atoms with Gasteiger partial charge in [0.05, 0.1) is 6.04 Å². The Kier molecular flexibility index (Phi) is 3.88. The molecule has 1 atom stereocenters. The van der Waals surface area contributed by atoms with E-state index in [4.69, 9.17) is 5.84 Å². The van der Waals surface area contributed by atoms with Crippen LogP contribution in [0.15, 0.2) is 11.4 Å². The molecule has 3 N–H and O–H groups in total. The summed E-state index contributed by atoms with van der Waals surface area (Å²) >= 11 is 1.80. The van der Waals surface area contributed by atoms with Crippen LogP contribution in [-0.2, 0) is 0 Å². The molecule has 0 amide bonds. The van der Waals surface area contributed by atoms with Crippen molar-refractivity contribution in [1.82, 2.24) is 10.3 Å². The van der Waals surface area contributed by atoms with E-state index in [0.29, 0.717) is 0 Å². The summed E-state index contributed by atoms with van der Waals surface area (Å²) in [4.78, 5) is 3.92. The van der Waals surface area contributed by atoms with Crippen LogP contribution in [0.4, 0.5) is 0 Å². The van der Waals surface area contributed by atoms with E-state index in [2.05, 4.69) is 42.5 Å². The van der Waals surface area contributed by atoms with Gasteiger partial charge in [-0.3, -0.25) is 16.2 Å². The fourth-order valence-corrected chi connectivity index (χ4v) is 3.92. The van der Waals surface area contributed by atoms with Crippen molar-refractivity contribution >= 4 is 11.3 Å². The molecule has 1 saturated heterocycles. The Hall–Kier alpha value is -0.420. The Morgan fingerprint density at radius 3 is 2.53 bits per heavy atom. The van der Waals surface area contributed by atoms with Gasteiger partial charge in [0.2, 0.25) is 0 Å². The number of rotatable bonds is 4. The lowest BCUT2D eigenvalue weighted by atomic mass is 9.90. The topological polar surface area (TPSA) is 41.3 Å². The number of likely N-dealkylation sites (tertiary alicyclic amines) is 1. The minimum absolute atomic E-state index is 0.0703. The van der Waals surface area contributed by atoms with Crippen molar-refractivity contribution in [3.8, 4) is 0 Å². The highest BCUT2D eigenvalue weighted by molar-refractivity contribution is 7.10. The molecule has 0 radical (unpaired) electrons. The molecule has 2 heterocycles. The number of aryl methyl sites for hydroxylation is 1. The Morgan fingerprint density at radius 1 is 1.41 bits per heavy atom. The molecule has 3 nitrogen and oxygen atoms in total. The summed E-state index contributed by atoms with van der Waals surface area (Å²) in [6, 6.07) is 2.38. The van der Waals surface area contributed by atoms with Crippen LogP contribution in [0.5, 0.6) is 0 Å². The third kappa shape index (κ3) is 2.40. The molecule has 17 heavy (non-hydrogen) atoms. The van der Waals surface area contributed by atoms with Crippen molar-refractivity contribution < 1.29 is 0 Å². The van der Waals surface area contributed by atoms with Crippen LogP contribution in [0.25, 0.3) is 0 Å². The molecule has 1 aliphatic heterocycles. The van der Waals surface area contributed by atoms with Gasteiger partial charge in [-0.15, -0.1) is 11.3 Å². The lowest BCUT2D eigenvalue weighted by Gasteiger charge is -2.41. The first-order chi connectivity index (χ1) is 8.07. The zero-order valence-electron chi connectivity index (χ0n) is 11.0. The smallest absolute Gasteiger partial charge is 0.0734 e. The molecule has 0 aromatic carbocycles. The molecule has 0 saturated carbocycles. The fourth-order valence-electron chi connectivity index (χ4n) is 2.76. The van der Waals surface area contributed by atoms with Gasteiger partial charge in [-0.05, 0) is 63.7 Å². The van der Waals surface area contributed by atoms with Gasteiger partial charge in [-0.1, -0.05) is 0 Å². The highest BCUT2D eigenvalue weighted by atomic mass is 32.1. The van der Waals surface area contributed by atoms with Crippen molar-refractivity contribution in [2.45, 2.75) is 45.2 Å². The Balaban J connectivity index is 2.25. The quantitative estimate of drug-likeness (QED) is 0.639. The molecule has 1 unspecified atom stereocenters. The summed E-state index contributed by atoms with van der Waals surface area (Å²) in [5.74, 6) is 5.82. The van der Waals surface area contributed by atoms with Crippen molar-refractivity contribution in [3.05, 3.63) is 21.9 Å². The van der Waals surface area contributed by atoms with Crippen molar-refractivity contribution in [2.75, 3.05) is 13.1 Å². The van der Waals surface area contributed by atoms with Crippen LogP contribution in [0, 0.1) is 6.92 Å². The average molecular weight is 253 g/mol. The first kappa shape index (κ1) is 13.0. The number of nitrogens with one attached hydrogen (secondary N) is 1. The van der Waals surface area contributed by atoms with Gasteiger partial charge in [0.25, 0.3) is 0 Å². The third-order valence-electron chi connectivity index (χ3n) is 3.96. The molecule has 1 fully saturated rings. The highest BCUT2D eigenvalue weighted by Crippen LogP contribution is 2.36. The fraction of sp³-hybridized carbons (Fsp3) is 0.692. The maximum absolute atomic E-state index is 5.82. The first-order valence-corrected chi connectivity index (χ1v) is 7.20. The molecule has 2 rings (SSSR count). The molecular formula is C13H23N3S. The second-order valence-electron chi connectivity index (χ2n) is 5.42. The lowest BCUT2D eigenvalue weighted by Crippen LogP contribution is -2.53. The van der Waals surface area contributed by atoms with Crippen LogP contribution in [-0.4, -0.2) is 23.5 Å². The molecule has 1 aliphatic rings. The van der Waals surface area contributed by atoms with Gasteiger partial charge in [0.1, 0.15) is 0 Å². The largest absolute Gasteiger partial charge is 0.296 e. The number of hydrogen-bond acceptors (Lipinski definition) is 4. The predicted octanol–water partition coefficient (Wildman–Crippen LogP) is 2.44. The third-order valence-corrected chi connectivity index (χ3v) is 5.04. The zero-order valence-corrected chi connectivity index (χ0v) is 11.8. The Labute approximate surface area is 108 Å². The van der Waals surface area contributed by atoms with E-state index in [9.17, 15) is 0 Å². The second kappa shape index (κ2) is 5.06. The number of hydrazine groups is 1. The molecule has 96 valence electrons. The van der Waals surface area contributed by atoms with E-state index in [1.54, 1.807) is 11.3 Å². The summed E-state index contributed by atoms with van der Waals surface area (Å²) in [6.45, 7) is 9.13. The summed E-state index contributed by atoms with van der Waals surface area (Å²) < 4.78 is 0. The van der Waals surface area contributed by atoms with E-state index >= 15 is 0 Å². The highest BCUT2D eigenvalue weighted by Gasteiger charge is 2.38. The molecular weight excluding hydrogens is 230 g/mol. The molecule has 4 heteroatoms. The first-order valence-electron chi connectivity index (χ1n) is 6.32. The van der Waals surface area contributed by atoms with Gasteiger partial charge < -0.3 is 0 Å². The van der Waals surface area contributed by atoms with Gasteiger partial charge in [0.15, 0.2) is 0 Å². The standard InChI is InChI=1S/C13H23N3S/c1-10-6-9-17-11(10)12(15-14)13(2,3)16-7-4-5-8-16/h6,9,12,15H,4-5,7-8,14H2,1-3H3. The number of thiophene rings is 1. The molecule has 1 aromatic rings. The summed E-state index contributed by atoms with van der Waals surface area (Å²) in [6.07, 6.45) is 2.62. The van der Waals surface area contributed by atoms with Crippen molar-refractivity contribution in [1.29, 1.82) is 0 Å². The maximum Gasteiger partial charge on any atom is 0.0734 e. The molecule has 0 bridgehead atoms. The maximum atomic E-state index is 5.82. The SMILES string of the molecule is Cc1ccsc1C(NN)C(C)(C)N1CCCC1.